The molecule has 1 aromatic rings. The van der Waals surface area contributed by atoms with Crippen molar-refractivity contribution in [2.75, 3.05) is 6.54 Å². The van der Waals surface area contributed by atoms with E-state index in [9.17, 15) is 0 Å². The van der Waals surface area contributed by atoms with Gasteiger partial charge in [0.1, 0.15) is 0 Å². The maximum atomic E-state index is 3.74. The van der Waals surface area contributed by atoms with E-state index in [2.05, 4.69) is 44.3 Å². The third kappa shape index (κ3) is 5.36. The SMILES string of the molecule is CCCNC(CCC1CC1)Cc1cc(C)cc(C)c1. The van der Waals surface area contributed by atoms with Gasteiger partial charge in [0, 0.05) is 6.04 Å². The van der Waals surface area contributed by atoms with E-state index in [4.69, 9.17) is 0 Å². The molecule has 19 heavy (non-hydrogen) atoms. The Hall–Kier alpha value is -0.820. The van der Waals surface area contributed by atoms with Crippen molar-refractivity contribution >= 4 is 0 Å². The van der Waals surface area contributed by atoms with Gasteiger partial charge in [0.25, 0.3) is 0 Å². The number of benzene rings is 1. The minimum absolute atomic E-state index is 0.668. The fraction of sp³-hybridized carbons (Fsp3) is 0.667. The van der Waals surface area contributed by atoms with Gasteiger partial charge in [-0.3, -0.25) is 0 Å². The molecule has 1 unspecified atom stereocenters. The van der Waals surface area contributed by atoms with Crippen LogP contribution < -0.4 is 5.32 Å². The van der Waals surface area contributed by atoms with Crippen molar-refractivity contribution in [2.45, 2.75) is 65.3 Å². The quantitative estimate of drug-likeness (QED) is 0.729. The zero-order valence-corrected chi connectivity index (χ0v) is 12.8. The Labute approximate surface area is 118 Å². The second-order valence-corrected chi connectivity index (χ2v) is 6.37. The van der Waals surface area contributed by atoms with Gasteiger partial charge in [-0.1, -0.05) is 49.1 Å². The second-order valence-electron chi connectivity index (χ2n) is 6.37. The fourth-order valence-corrected chi connectivity index (χ4v) is 2.94. The summed E-state index contributed by atoms with van der Waals surface area (Å²) in [6.07, 6.45) is 8.14. The van der Waals surface area contributed by atoms with Gasteiger partial charge < -0.3 is 5.32 Å². The van der Waals surface area contributed by atoms with Crippen molar-refractivity contribution in [2.24, 2.45) is 5.92 Å². The maximum absolute atomic E-state index is 3.74. The molecule has 106 valence electrons. The minimum atomic E-state index is 0.668. The molecule has 1 aromatic carbocycles. The molecule has 1 fully saturated rings. The van der Waals surface area contributed by atoms with Crippen molar-refractivity contribution in [1.29, 1.82) is 0 Å². The average Bonchev–Trinajstić information content (AvgIpc) is 3.15. The Bertz CT molecular complexity index is 372. The Morgan fingerprint density at radius 1 is 1.16 bits per heavy atom. The van der Waals surface area contributed by atoms with Crippen molar-refractivity contribution in [1.82, 2.24) is 5.32 Å². The van der Waals surface area contributed by atoms with E-state index in [0.717, 1.165) is 12.5 Å². The Morgan fingerprint density at radius 2 is 1.84 bits per heavy atom. The standard InChI is InChI=1S/C18H29N/c1-4-9-19-18(8-7-16-5-6-16)13-17-11-14(2)10-15(3)12-17/h10-12,16,18-19H,4-9,13H2,1-3H3. The first-order valence-electron chi connectivity index (χ1n) is 7.98. The molecule has 1 aliphatic carbocycles. The third-order valence-corrected chi connectivity index (χ3v) is 4.07. The minimum Gasteiger partial charge on any atom is -0.314 e. The van der Waals surface area contributed by atoms with E-state index in [0.29, 0.717) is 6.04 Å². The van der Waals surface area contributed by atoms with Crippen molar-refractivity contribution in [3.63, 3.8) is 0 Å². The van der Waals surface area contributed by atoms with Crippen LogP contribution in [0.4, 0.5) is 0 Å². The van der Waals surface area contributed by atoms with E-state index < -0.39 is 0 Å². The molecule has 0 amide bonds. The largest absolute Gasteiger partial charge is 0.314 e. The Morgan fingerprint density at radius 3 is 2.42 bits per heavy atom. The van der Waals surface area contributed by atoms with E-state index in [1.165, 1.54) is 55.2 Å². The van der Waals surface area contributed by atoms with Crippen molar-refractivity contribution in [3.8, 4) is 0 Å². The van der Waals surface area contributed by atoms with Crippen LogP contribution in [0.1, 0.15) is 55.7 Å². The van der Waals surface area contributed by atoms with Crippen LogP contribution >= 0.6 is 0 Å². The molecule has 0 bridgehead atoms. The van der Waals surface area contributed by atoms with E-state index >= 15 is 0 Å². The molecule has 0 heterocycles. The predicted molar refractivity (Wildman–Crippen MR) is 83.7 cm³/mol. The molecule has 0 radical (unpaired) electrons. The summed E-state index contributed by atoms with van der Waals surface area (Å²) >= 11 is 0. The highest BCUT2D eigenvalue weighted by atomic mass is 14.9. The summed E-state index contributed by atoms with van der Waals surface area (Å²) in [7, 11) is 0. The molecule has 1 aliphatic rings. The molecule has 2 rings (SSSR count). The summed E-state index contributed by atoms with van der Waals surface area (Å²) in [4.78, 5) is 0. The van der Waals surface area contributed by atoms with Crippen LogP contribution in [0.5, 0.6) is 0 Å². The van der Waals surface area contributed by atoms with Crippen molar-refractivity contribution in [3.05, 3.63) is 34.9 Å². The van der Waals surface area contributed by atoms with Crippen LogP contribution in [-0.4, -0.2) is 12.6 Å². The molecular formula is C18H29N. The number of hydrogen-bond donors (Lipinski definition) is 1. The monoisotopic (exact) mass is 259 g/mol. The van der Waals surface area contributed by atoms with Crippen LogP contribution in [0, 0.1) is 19.8 Å². The van der Waals surface area contributed by atoms with E-state index in [1.54, 1.807) is 0 Å². The number of nitrogens with one attached hydrogen (secondary N) is 1. The van der Waals surface area contributed by atoms with E-state index in [-0.39, 0.29) is 0 Å². The number of hydrogen-bond acceptors (Lipinski definition) is 1. The molecule has 1 atom stereocenters. The normalized spacial score (nSPS) is 16.6. The molecule has 1 heteroatoms. The van der Waals surface area contributed by atoms with Crippen LogP contribution in [0.3, 0.4) is 0 Å². The highest BCUT2D eigenvalue weighted by Gasteiger charge is 2.22. The zero-order chi connectivity index (χ0) is 13.7. The fourth-order valence-electron chi connectivity index (χ4n) is 2.94. The van der Waals surface area contributed by atoms with Crippen LogP contribution in [0.2, 0.25) is 0 Å². The second kappa shape index (κ2) is 7.09. The van der Waals surface area contributed by atoms with Gasteiger partial charge in [-0.2, -0.15) is 0 Å². The Kier molecular flexibility index (Phi) is 5.45. The van der Waals surface area contributed by atoms with Gasteiger partial charge in [-0.25, -0.2) is 0 Å². The summed E-state index contributed by atoms with van der Waals surface area (Å²) in [6, 6.07) is 7.64. The Balaban J connectivity index is 1.91. The molecule has 0 aliphatic heterocycles. The summed E-state index contributed by atoms with van der Waals surface area (Å²) in [5.74, 6) is 1.05. The average molecular weight is 259 g/mol. The van der Waals surface area contributed by atoms with E-state index in [1.807, 2.05) is 0 Å². The first kappa shape index (κ1) is 14.6. The zero-order valence-electron chi connectivity index (χ0n) is 12.8. The first-order valence-corrected chi connectivity index (χ1v) is 7.98. The van der Waals surface area contributed by atoms with Gasteiger partial charge >= 0.3 is 0 Å². The molecule has 0 aromatic heterocycles. The van der Waals surface area contributed by atoms with Gasteiger partial charge in [-0.15, -0.1) is 0 Å². The number of rotatable bonds is 8. The van der Waals surface area contributed by atoms with Crippen molar-refractivity contribution < 1.29 is 0 Å². The molecule has 0 spiro atoms. The molecule has 1 nitrogen and oxygen atoms in total. The first-order chi connectivity index (χ1) is 9.17. The summed E-state index contributed by atoms with van der Waals surface area (Å²) in [5.41, 5.74) is 4.29. The third-order valence-electron chi connectivity index (χ3n) is 4.07. The molecule has 0 saturated heterocycles. The van der Waals surface area contributed by atoms with Crippen LogP contribution in [0.15, 0.2) is 18.2 Å². The number of aryl methyl sites for hydroxylation is 2. The summed E-state index contributed by atoms with van der Waals surface area (Å²) in [6.45, 7) is 7.81. The smallest absolute Gasteiger partial charge is 0.0108 e. The summed E-state index contributed by atoms with van der Waals surface area (Å²) in [5, 5.41) is 3.74. The van der Waals surface area contributed by atoms with Gasteiger partial charge in [-0.05, 0) is 57.6 Å². The van der Waals surface area contributed by atoms with Gasteiger partial charge in [0.15, 0.2) is 0 Å². The highest BCUT2D eigenvalue weighted by Crippen LogP contribution is 2.34. The lowest BCUT2D eigenvalue weighted by atomic mass is 9.97. The lowest BCUT2D eigenvalue weighted by Gasteiger charge is -2.19. The van der Waals surface area contributed by atoms with Crippen LogP contribution in [0.25, 0.3) is 0 Å². The maximum Gasteiger partial charge on any atom is 0.0108 e. The predicted octanol–water partition coefficient (Wildman–Crippen LogP) is 4.40. The lowest BCUT2D eigenvalue weighted by molar-refractivity contribution is 0.452. The van der Waals surface area contributed by atoms with Crippen LogP contribution in [-0.2, 0) is 6.42 Å². The van der Waals surface area contributed by atoms with Gasteiger partial charge in [0.05, 0.1) is 0 Å². The van der Waals surface area contributed by atoms with Gasteiger partial charge in [0.2, 0.25) is 0 Å². The topological polar surface area (TPSA) is 12.0 Å². The lowest BCUT2D eigenvalue weighted by Crippen LogP contribution is -2.32. The summed E-state index contributed by atoms with van der Waals surface area (Å²) < 4.78 is 0. The highest BCUT2D eigenvalue weighted by molar-refractivity contribution is 5.29. The molecule has 1 saturated carbocycles. The molecule has 1 N–H and O–H groups in total. The molecular weight excluding hydrogens is 230 g/mol.